The van der Waals surface area contributed by atoms with Crippen molar-refractivity contribution in [3.8, 4) is 5.75 Å². The SMILES string of the molecule is COc1ccccc1NC(=O)C1CCN(c2cnc(N3CCCCC3)nc2)CC1. The summed E-state index contributed by atoms with van der Waals surface area (Å²) in [6, 6.07) is 7.51. The highest BCUT2D eigenvalue weighted by Crippen LogP contribution is 2.27. The van der Waals surface area contributed by atoms with Crippen LogP contribution in [0.1, 0.15) is 32.1 Å². The fraction of sp³-hybridized carbons (Fsp3) is 0.500. The third-order valence-electron chi connectivity index (χ3n) is 5.86. The molecule has 1 aromatic carbocycles. The van der Waals surface area contributed by atoms with Gasteiger partial charge < -0.3 is 19.9 Å². The monoisotopic (exact) mass is 395 g/mol. The van der Waals surface area contributed by atoms with Crippen LogP contribution in [0, 0.1) is 5.92 Å². The molecule has 29 heavy (non-hydrogen) atoms. The number of ether oxygens (including phenoxy) is 1. The average Bonchev–Trinajstić information content (AvgIpc) is 2.80. The van der Waals surface area contributed by atoms with Crippen molar-refractivity contribution >= 4 is 23.2 Å². The van der Waals surface area contributed by atoms with Gasteiger partial charge in [-0.05, 0) is 44.2 Å². The standard InChI is InChI=1S/C22H29N5O2/c1-29-20-8-4-3-7-19(20)25-21(28)17-9-13-26(14-10-17)18-15-23-22(24-16-18)27-11-5-2-6-12-27/h3-4,7-8,15-17H,2,5-6,9-14H2,1H3,(H,25,28). The number of carbonyl (C=O) groups is 1. The van der Waals surface area contributed by atoms with Gasteiger partial charge in [-0.1, -0.05) is 12.1 Å². The van der Waals surface area contributed by atoms with Crippen LogP contribution in [0.4, 0.5) is 17.3 Å². The molecule has 2 aromatic rings. The molecule has 0 unspecified atom stereocenters. The van der Waals surface area contributed by atoms with E-state index in [-0.39, 0.29) is 11.8 Å². The molecule has 0 atom stereocenters. The molecule has 0 spiro atoms. The second kappa shape index (κ2) is 9.11. The third-order valence-corrected chi connectivity index (χ3v) is 5.86. The molecule has 3 heterocycles. The first-order chi connectivity index (χ1) is 14.2. The van der Waals surface area contributed by atoms with Crippen molar-refractivity contribution in [2.45, 2.75) is 32.1 Å². The van der Waals surface area contributed by atoms with E-state index in [4.69, 9.17) is 4.74 Å². The minimum absolute atomic E-state index is 0.00436. The van der Waals surface area contributed by atoms with Crippen LogP contribution < -0.4 is 19.9 Å². The van der Waals surface area contributed by atoms with Crippen LogP contribution in [0.15, 0.2) is 36.7 Å². The highest BCUT2D eigenvalue weighted by atomic mass is 16.5. The molecular weight excluding hydrogens is 366 g/mol. The molecule has 0 aliphatic carbocycles. The van der Waals surface area contributed by atoms with E-state index in [1.54, 1.807) is 7.11 Å². The summed E-state index contributed by atoms with van der Waals surface area (Å²) < 4.78 is 5.32. The molecule has 154 valence electrons. The Balaban J connectivity index is 1.31. The maximum atomic E-state index is 12.7. The second-order valence-electron chi connectivity index (χ2n) is 7.74. The van der Waals surface area contributed by atoms with Crippen molar-refractivity contribution in [2.24, 2.45) is 5.92 Å². The topological polar surface area (TPSA) is 70.6 Å². The number of methoxy groups -OCH3 is 1. The molecule has 2 fully saturated rings. The number of aromatic nitrogens is 2. The Morgan fingerprint density at radius 3 is 2.38 bits per heavy atom. The summed E-state index contributed by atoms with van der Waals surface area (Å²) >= 11 is 0. The molecule has 2 saturated heterocycles. The van der Waals surface area contributed by atoms with Crippen LogP contribution in [0.5, 0.6) is 5.75 Å². The first-order valence-corrected chi connectivity index (χ1v) is 10.5. The zero-order chi connectivity index (χ0) is 20.1. The number of nitrogens with zero attached hydrogens (tertiary/aromatic N) is 4. The van der Waals surface area contributed by atoms with Crippen LogP contribution in [0.3, 0.4) is 0 Å². The van der Waals surface area contributed by atoms with Crippen molar-refractivity contribution in [3.05, 3.63) is 36.7 Å². The van der Waals surface area contributed by atoms with Gasteiger partial charge in [-0.3, -0.25) is 4.79 Å². The van der Waals surface area contributed by atoms with E-state index in [0.717, 1.165) is 56.3 Å². The number of benzene rings is 1. The lowest BCUT2D eigenvalue weighted by atomic mass is 9.95. The molecule has 0 bridgehead atoms. The molecule has 1 amide bonds. The summed E-state index contributed by atoms with van der Waals surface area (Å²) in [5.74, 6) is 1.58. The number of rotatable bonds is 5. The number of carbonyl (C=O) groups excluding carboxylic acids is 1. The van der Waals surface area contributed by atoms with Crippen molar-refractivity contribution in [1.82, 2.24) is 9.97 Å². The van der Waals surface area contributed by atoms with Gasteiger partial charge in [0.1, 0.15) is 5.75 Å². The molecule has 1 aromatic heterocycles. The van der Waals surface area contributed by atoms with Gasteiger partial charge in [0.15, 0.2) is 0 Å². The summed E-state index contributed by atoms with van der Waals surface area (Å²) in [7, 11) is 1.61. The van der Waals surface area contributed by atoms with Crippen molar-refractivity contribution in [3.63, 3.8) is 0 Å². The van der Waals surface area contributed by atoms with Crippen LogP contribution >= 0.6 is 0 Å². The molecule has 0 radical (unpaired) electrons. The zero-order valence-corrected chi connectivity index (χ0v) is 17.0. The van der Waals surface area contributed by atoms with Crippen molar-refractivity contribution in [2.75, 3.05) is 48.4 Å². The largest absolute Gasteiger partial charge is 0.495 e. The lowest BCUT2D eigenvalue weighted by Gasteiger charge is -2.33. The van der Waals surface area contributed by atoms with E-state index in [2.05, 4.69) is 25.1 Å². The highest BCUT2D eigenvalue weighted by molar-refractivity contribution is 5.94. The zero-order valence-electron chi connectivity index (χ0n) is 17.0. The van der Waals surface area contributed by atoms with Gasteiger partial charge in [-0.15, -0.1) is 0 Å². The smallest absolute Gasteiger partial charge is 0.227 e. The average molecular weight is 396 g/mol. The Kier molecular flexibility index (Phi) is 6.12. The predicted octanol–water partition coefficient (Wildman–Crippen LogP) is 3.33. The fourth-order valence-electron chi connectivity index (χ4n) is 4.12. The number of nitrogens with one attached hydrogen (secondary N) is 1. The molecule has 2 aliphatic rings. The fourth-order valence-corrected chi connectivity index (χ4v) is 4.12. The van der Waals surface area contributed by atoms with Crippen LogP contribution in [0.2, 0.25) is 0 Å². The van der Waals surface area contributed by atoms with E-state index in [0.29, 0.717) is 5.75 Å². The molecule has 7 nitrogen and oxygen atoms in total. The second-order valence-corrected chi connectivity index (χ2v) is 7.74. The number of para-hydroxylation sites is 2. The van der Waals surface area contributed by atoms with Crippen LogP contribution in [-0.2, 0) is 4.79 Å². The quantitative estimate of drug-likeness (QED) is 0.837. The maximum absolute atomic E-state index is 12.7. The Bertz CT molecular complexity index is 812. The number of anilines is 3. The number of piperidine rings is 2. The van der Waals surface area contributed by atoms with Gasteiger partial charge in [0.25, 0.3) is 0 Å². The maximum Gasteiger partial charge on any atom is 0.227 e. The van der Waals surface area contributed by atoms with Crippen molar-refractivity contribution < 1.29 is 9.53 Å². The van der Waals surface area contributed by atoms with Gasteiger partial charge >= 0.3 is 0 Å². The van der Waals surface area contributed by atoms with Gasteiger partial charge in [0, 0.05) is 32.1 Å². The van der Waals surface area contributed by atoms with Gasteiger partial charge in [-0.2, -0.15) is 0 Å². The minimum atomic E-state index is 0.00436. The molecule has 2 aliphatic heterocycles. The Hall–Kier alpha value is -2.83. The van der Waals surface area contributed by atoms with Gasteiger partial charge in [-0.25, -0.2) is 9.97 Å². The lowest BCUT2D eigenvalue weighted by Crippen LogP contribution is -2.38. The Labute approximate surface area is 172 Å². The molecular formula is C22H29N5O2. The van der Waals surface area contributed by atoms with E-state index >= 15 is 0 Å². The Morgan fingerprint density at radius 2 is 1.69 bits per heavy atom. The predicted molar refractivity (Wildman–Crippen MR) is 115 cm³/mol. The van der Waals surface area contributed by atoms with Gasteiger partial charge in [0.2, 0.25) is 11.9 Å². The van der Waals surface area contributed by atoms with E-state index < -0.39 is 0 Å². The summed E-state index contributed by atoms with van der Waals surface area (Å²) in [5.41, 5.74) is 1.76. The van der Waals surface area contributed by atoms with Gasteiger partial charge in [0.05, 0.1) is 30.9 Å². The molecule has 7 heteroatoms. The van der Waals surface area contributed by atoms with Crippen molar-refractivity contribution in [1.29, 1.82) is 0 Å². The molecule has 0 saturated carbocycles. The Morgan fingerprint density at radius 1 is 1.00 bits per heavy atom. The molecule has 4 rings (SSSR count). The highest BCUT2D eigenvalue weighted by Gasteiger charge is 2.26. The lowest BCUT2D eigenvalue weighted by molar-refractivity contribution is -0.120. The van der Waals surface area contributed by atoms with E-state index in [1.807, 2.05) is 36.7 Å². The number of hydrogen-bond acceptors (Lipinski definition) is 6. The normalized spacial score (nSPS) is 17.8. The van der Waals surface area contributed by atoms with Crippen LogP contribution in [-0.4, -0.2) is 49.2 Å². The van der Waals surface area contributed by atoms with E-state index in [1.165, 1.54) is 19.3 Å². The summed E-state index contributed by atoms with van der Waals surface area (Å²) in [5, 5.41) is 3.02. The van der Waals surface area contributed by atoms with Crippen LogP contribution in [0.25, 0.3) is 0 Å². The molecule has 1 N–H and O–H groups in total. The summed E-state index contributed by atoms with van der Waals surface area (Å²) in [6.45, 7) is 3.75. The summed E-state index contributed by atoms with van der Waals surface area (Å²) in [4.78, 5) is 26.4. The third kappa shape index (κ3) is 4.60. The summed E-state index contributed by atoms with van der Waals surface area (Å²) in [6.07, 6.45) is 9.21. The van der Waals surface area contributed by atoms with E-state index in [9.17, 15) is 4.79 Å². The minimum Gasteiger partial charge on any atom is -0.495 e. The first-order valence-electron chi connectivity index (χ1n) is 10.5. The number of amides is 1. The first kappa shape index (κ1) is 19.5. The number of hydrogen-bond donors (Lipinski definition) is 1.